The first-order valence-electron chi connectivity index (χ1n) is 7.44. The lowest BCUT2D eigenvalue weighted by atomic mass is 9.97. The molecule has 3 nitrogen and oxygen atoms in total. The minimum absolute atomic E-state index is 0.0200. The van der Waals surface area contributed by atoms with Crippen molar-refractivity contribution in [2.45, 2.75) is 12.5 Å². The van der Waals surface area contributed by atoms with E-state index in [1.165, 1.54) is 16.3 Å². The maximum atomic E-state index is 12.3. The van der Waals surface area contributed by atoms with E-state index in [0.717, 1.165) is 11.4 Å². The fourth-order valence-corrected chi connectivity index (χ4v) is 3.03. The van der Waals surface area contributed by atoms with Gasteiger partial charge in [-0.3, -0.25) is 4.79 Å². The van der Waals surface area contributed by atoms with Gasteiger partial charge in [-0.25, -0.2) is 0 Å². The van der Waals surface area contributed by atoms with Gasteiger partial charge in [-0.15, -0.1) is 0 Å². The third-order valence-corrected chi connectivity index (χ3v) is 4.14. The molecule has 3 aromatic carbocycles. The summed E-state index contributed by atoms with van der Waals surface area (Å²) < 4.78 is 0. The van der Waals surface area contributed by atoms with E-state index in [4.69, 9.17) is 0 Å². The quantitative estimate of drug-likeness (QED) is 0.752. The van der Waals surface area contributed by atoms with Crippen LogP contribution in [0.1, 0.15) is 5.56 Å². The number of hydrogen-bond donors (Lipinski definition) is 2. The Balaban J connectivity index is 1.67. The average molecular weight is 288 g/mol. The van der Waals surface area contributed by atoms with E-state index < -0.39 is 0 Å². The van der Waals surface area contributed by atoms with E-state index in [0.29, 0.717) is 6.42 Å². The first-order chi connectivity index (χ1) is 10.8. The number of fused-ring (bicyclic) bond motifs is 2. The van der Waals surface area contributed by atoms with Gasteiger partial charge in [0, 0.05) is 6.42 Å². The molecule has 0 bridgehead atoms. The van der Waals surface area contributed by atoms with Crippen molar-refractivity contribution in [2.24, 2.45) is 0 Å². The number of anilines is 2. The van der Waals surface area contributed by atoms with Gasteiger partial charge in [0.25, 0.3) is 0 Å². The van der Waals surface area contributed by atoms with E-state index in [1.54, 1.807) is 0 Å². The molecule has 1 aliphatic rings. The topological polar surface area (TPSA) is 41.1 Å². The number of benzene rings is 3. The van der Waals surface area contributed by atoms with E-state index in [-0.39, 0.29) is 11.9 Å². The number of nitrogens with one attached hydrogen (secondary N) is 2. The van der Waals surface area contributed by atoms with Gasteiger partial charge in [0.1, 0.15) is 6.04 Å². The van der Waals surface area contributed by atoms with Crippen LogP contribution in [0.25, 0.3) is 10.8 Å². The normalized spacial score (nSPS) is 16.7. The molecule has 3 aromatic rings. The zero-order chi connectivity index (χ0) is 14.9. The molecule has 1 heterocycles. The molecular weight excluding hydrogens is 272 g/mol. The molecule has 1 amide bonds. The van der Waals surface area contributed by atoms with Crippen LogP contribution in [0.3, 0.4) is 0 Å². The fourth-order valence-electron chi connectivity index (χ4n) is 3.03. The summed E-state index contributed by atoms with van der Waals surface area (Å²) in [6, 6.07) is 22.1. The third-order valence-electron chi connectivity index (χ3n) is 4.14. The number of hydrogen-bond acceptors (Lipinski definition) is 2. The lowest BCUT2D eigenvalue weighted by molar-refractivity contribution is -0.117. The van der Waals surface area contributed by atoms with Crippen LogP contribution in [0.5, 0.6) is 0 Å². The summed E-state index contributed by atoms with van der Waals surface area (Å²) in [7, 11) is 0. The first kappa shape index (κ1) is 12.9. The molecule has 1 atom stereocenters. The number of amides is 1. The Morgan fingerprint density at radius 3 is 2.45 bits per heavy atom. The molecule has 1 aliphatic heterocycles. The second-order valence-electron chi connectivity index (χ2n) is 5.57. The van der Waals surface area contributed by atoms with Gasteiger partial charge in [0.05, 0.1) is 11.4 Å². The Morgan fingerprint density at radius 1 is 0.818 bits per heavy atom. The van der Waals surface area contributed by atoms with Crippen LogP contribution in [0.2, 0.25) is 0 Å². The van der Waals surface area contributed by atoms with Gasteiger partial charge < -0.3 is 10.6 Å². The summed E-state index contributed by atoms with van der Waals surface area (Å²) in [6.45, 7) is 0. The van der Waals surface area contributed by atoms with E-state index in [1.807, 2.05) is 42.5 Å². The van der Waals surface area contributed by atoms with Gasteiger partial charge in [-0.05, 0) is 28.5 Å². The van der Waals surface area contributed by atoms with Gasteiger partial charge >= 0.3 is 0 Å². The molecule has 0 saturated carbocycles. The first-order valence-corrected chi connectivity index (χ1v) is 7.44. The molecule has 3 heteroatoms. The Hall–Kier alpha value is -2.81. The molecule has 108 valence electrons. The second kappa shape index (κ2) is 5.19. The van der Waals surface area contributed by atoms with Crippen LogP contribution in [-0.2, 0) is 11.2 Å². The number of carbonyl (C=O) groups excluding carboxylic acids is 1. The SMILES string of the molecule is O=C1Nc2ccccc2NC1Cc1cccc2ccccc12. The van der Waals surface area contributed by atoms with Crippen molar-refractivity contribution >= 4 is 28.1 Å². The highest BCUT2D eigenvalue weighted by Crippen LogP contribution is 2.28. The Labute approximate surface area is 129 Å². The standard InChI is InChI=1S/C19H16N2O/c22-19-18(20-16-10-3-4-11-17(16)21-19)12-14-8-5-7-13-6-1-2-9-15(13)14/h1-11,18,20H,12H2,(H,21,22). The highest BCUT2D eigenvalue weighted by atomic mass is 16.2. The molecule has 22 heavy (non-hydrogen) atoms. The zero-order valence-corrected chi connectivity index (χ0v) is 12.0. The molecule has 0 aliphatic carbocycles. The van der Waals surface area contributed by atoms with Crippen molar-refractivity contribution in [1.82, 2.24) is 0 Å². The monoisotopic (exact) mass is 288 g/mol. The highest BCUT2D eigenvalue weighted by Gasteiger charge is 2.25. The van der Waals surface area contributed by atoms with Crippen LogP contribution in [0.15, 0.2) is 66.7 Å². The largest absolute Gasteiger partial charge is 0.372 e. The smallest absolute Gasteiger partial charge is 0.247 e. The number of para-hydroxylation sites is 2. The predicted octanol–water partition coefficient (Wildman–Crippen LogP) is 3.82. The minimum Gasteiger partial charge on any atom is -0.372 e. The fraction of sp³-hybridized carbons (Fsp3) is 0.105. The van der Waals surface area contributed by atoms with Crippen molar-refractivity contribution in [3.8, 4) is 0 Å². The lowest BCUT2D eigenvalue weighted by Crippen LogP contribution is -2.40. The summed E-state index contributed by atoms with van der Waals surface area (Å²) in [5, 5.41) is 8.74. The Kier molecular flexibility index (Phi) is 3.04. The molecule has 4 rings (SSSR count). The second-order valence-corrected chi connectivity index (χ2v) is 5.57. The predicted molar refractivity (Wildman–Crippen MR) is 90.1 cm³/mol. The van der Waals surface area contributed by atoms with Crippen LogP contribution in [-0.4, -0.2) is 11.9 Å². The van der Waals surface area contributed by atoms with Crippen molar-refractivity contribution in [3.63, 3.8) is 0 Å². The Bertz CT molecular complexity index is 851. The van der Waals surface area contributed by atoms with E-state index in [9.17, 15) is 4.79 Å². The molecule has 0 spiro atoms. The lowest BCUT2D eigenvalue weighted by Gasteiger charge is -2.27. The highest BCUT2D eigenvalue weighted by molar-refractivity contribution is 6.03. The molecule has 0 aromatic heterocycles. The van der Waals surface area contributed by atoms with E-state index >= 15 is 0 Å². The maximum Gasteiger partial charge on any atom is 0.247 e. The summed E-state index contributed by atoms with van der Waals surface area (Å²) in [5.74, 6) is 0.0200. The van der Waals surface area contributed by atoms with Crippen molar-refractivity contribution in [3.05, 3.63) is 72.3 Å². The average Bonchev–Trinajstić information content (AvgIpc) is 2.56. The van der Waals surface area contributed by atoms with Crippen LogP contribution >= 0.6 is 0 Å². The zero-order valence-electron chi connectivity index (χ0n) is 12.0. The number of rotatable bonds is 2. The summed E-state index contributed by atoms with van der Waals surface area (Å²) >= 11 is 0. The van der Waals surface area contributed by atoms with E-state index in [2.05, 4.69) is 34.9 Å². The molecule has 0 radical (unpaired) electrons. The third kappa shape index (κ3) is 2.21. The summed E-state index contributed by atoms with van der Waals surface area (Å²) in [5.41, 5.74) is 3.01. The van der Waals surface area contributed by atoms with Crippen LogP contribution in [0, 0.1) is 0 Å². The molecule has 0 fully saturated rings. The minimum atomic E-state index is -0.249. The van der Waals surface area contributed by atoms with Crippen molar-refractivity contribution in [1.29, 1.82) is 0 Å². The molecule has 1 unspecified atom stereocenters. The maximum absolute atomic E-state index is 12.3. The van der Waals surface area contributed by atoms with Crippen molar-refractivity contribution < 1.29 is 4.79 Å². The number of carbonyl (C=O) groups is 1. The van der Waals surface area contributed by atoms with Crippen molar-refractivity contribution in [2.75, 3.05) is 10.6 Å². The van der Waals surface area contributed by atoms with Gasteiger partial charge in [0.15, 0.2) is 0 Å². The van der Waals surface area contributed by atoms with Gasteiger partial charge in [-0.2, -0.15) is 0 Å². The Morgan fingerprint density at radius 2 is 1.55 bits per heavy atom. The molecule has 2 N–H and O–H groups in total. The van der Waals surface area contributed by atoms with Gasteiger partial charge in [0.2, 0.25) is 5.91 Å². The van der Waals surface area contributed by atoms with Gasteiger partial charge in [-0.1, -0.05) is 54.6 Å². The van der Waals surface area contributed by atoms with Crippen LogP contribution < -0.4 is 10.6 Å². The summed E-state index contributed by atoms with van der Waals surface area (Å²) in [4.78, 5) is 12.3. The molecular formula is C19H16N2O. The van der Waals surface area contributed by atoms with Crippen LogP contribution in [0.4, 0.5) is 11.4 Å². The summed E-state index contributed by atoms with van der Waals surface area (Å²) in [6.07, 6.45) is 0.668. The molecule has 0 saturated heterocycles.